The van der Waals surface area contributed by atoms with Crippen molar-refractivity contribution in [2.45, 2.75) is 66.1 Å². The van der Waals surface area contributed by atoms with E-state index in [1.54, 1.807) is 0 Å². The first-order chi connectivity index (χ1) is 10.3. The maximum Gasteiger partial charge on any atom is 0.0208 e. The van der Waals surface area contributed by atoms with Crippen LogP contribution in [0.5, 0.6) is 0 Å². The lowest BCUT2D eigenvalue weighted by atomic mass is 9.79. The largest absolute Gasteiger partial charge is 0.309 e. The van der Waals surface area contributed by atoms with Crippen molar-refractivity contribution in [2.24, 2.45) is 11.3 Å². The first-order valence-corrected chi connectivity index (χ1v) is 8.85. The Morgan fingerprint density at radius 2 is 1.82 bits per heavy atom. The minimum Gasteiger partial charge on any atom is -0.309 e. The summed E-state index contributed by atoms with van der Waals surface area (Å²) in [7, 11) is 0. The van der Waals surface area contributed by atoms with E-state index in [-0.39, 0.29) is 0 Å². The molecule has 0 saturated carbocycles. The summed E-state index contributed by atoms with van der Waals surface area (Å²) in [4.78, 5) is 2.66. The van der Waals surface area contributed by atoms with Crippen molar-refractivity contribution in [1.82, 2.24) is 10.2 Å². The molecule has 1 N–H and O–H groups in total. The molecule has 2 nitrogen and oxygen atoms in total. The number of benzene rings is 1. The van der Waals surface area contributed by atoms with E-state index in [9.17, 15) is 0 Å². The Hall–Kier alpha value is -0.860. The highest BCUT2D eigenvalue weighted by atomic mass is 15.2. The lowest BCUT2D eigenvalue weighted by Gasteiger charge is -2.42. The number of rotatable bonds is 5. The molecule has 1 saturated heterocycles. The van der Waals surface area contributed by atoms with E-state index in [0.29, 0.717) is 17.5 Å². The van der Waals surface area contributed by atoms with E-state index in [1.807, 2.05) is 0 Å². The third kappa shape index (κ3) is 5.73. The van der Waals surface area contributed by atoms with Crippen LogP contribution in [0.1, 0.15) is 53.0 Å². The van der Waals surface area contributed by atoms with Gasteiger partial charge in [0, 0.05) is 31.7 Å². The lowest BCUT2D eigenvalue weighted by molar-refractivity contribution is 0.0895. The number of hydrogen-bond donors (Lipinski definition) is 1. The second-order valence-corrected chi connectivity index (χ2v) is 8.48. The summed E-state index contributed by atoms with van der Waals surface area (Å²) >= 11 is 0. The first kappa shape index (κ1) is 17.5. The summed E-state index contributed by atoms with van der Waals surface area (Å²) in [5.41, 5.74) is 1.81. The Balaban J connectivity index is 1.94. The van der Waals surface area contributed by atoms with Crippen LogP contribution in [-0.2, 0) is 6.54 Å². The van der Waals surface area contributed by atoms with Gasteiger partial charge in [-0.25, -0.2) is 0 Å². The van der Waals surface area contributed by atoms with Crippen molar-refractivity contribution in [3.8, 4) is 0 Å². The van der Waals surface area contributed by atoms with Gasteiger partial charge in [0.25, 0.3) is 0 Å². The first-order valence-electron chi connectivity index (χ1n) is 8.85. The topological polar surface area (TPSA) is 15.3 Å². The van der Waals surface area contributed by atoms with Crippen LogP contribution in [0, 0.1) is 11.3 Å². The Kier molecular flexibility index (Phi) is 6.05. The molecule has 1 aromatic rings. The van der Waals surface area contributed by atoms with Gasteiger partial charge in [-0.15, -0.1) is 0 Å². The number of hydrogen-bond acceptors (Lipinski definition) is 2. The van der Waals surface area contributed by atoms with Gasteiger partial charge in [-0.1, -0.05) is 51.1 Å². The molecule has 1 fully saturated rings. The van der Waals surface area contributed by atoms with Gasteiger partial charge < -0.3 is 5.32 Å². The Morgan fingerprint density at radius 3 is 2.41 bits per heavy atom. The highest BCUT2D eigenvalue weighted by Gasteiger charge is 2.30. The molecule has 2 heteroatoms. The van der Waals surface area contributed by atoms with E-state index in [0.717, 1.165) is 12.5 Å². The second-order valence-electron chi connectivity index (χ2n) is 8.48. The van der Waals surface area contributed by atoms with E-state index in [1.165, 1.54) is 31.5 Å². The fraction of sp³-hybridized carbons (Fsp3) is 0.700. The van der Waals surface area contributed by atoms with Crippen LogP contribution in [0.3, 0.4) is 0 Å². The molecule has 1 heterocycles. The van der Waals surface area contributed by atoms with Gasteiger partial charge in [-0.2, -0.15) is 0 Å². The van der Waals surface area contributed by atoms with Gasteiger partial charge >= 0.3 is 0 Å². The fourth-order valence-corrected chi connectivity index (χ4v) is 3.68. The van der Waals surface area contributed by atoms with Crippen molar-refractivity contribution in [3.05, 3.63) is 35.9 Å². The molecule has 1 aliphatic heterocycles. The highest BCUT2D eigenvalue weighted by molar-refractivity contribution is 5.14. The average Bonchev–Trinajstić information content (AvgIpc) is 2.44. The molecule has 1 aliphatic rings. The van der Waals surface area contributed by atoms with E-state index in [4.69, 9.17) is 0 Å². The molecule has 1 aromatic carbocycles. The molecule has 0 amide bonds. The van der Waals surface area contributed by atoms with Crippen LogP contribution >= 0.6 is 0 Å². The third-order valence-corrected chi connectivity index (χ3v) is 4.63. The zero-order chi connectivity index (χ0) is 16.2. The average molecular weight is 303 g/mol. The van der Waals surface area contributed by atoms with Crippen LogP contribution in [-0.4, -0.2) is 30.1 Å². The van der Waals surface area contributed by atoms with Crippen molar-refractivity contribution in [1.29, 1.82) is 0 Å². The number of piperidine rings is 1. The number of nitrogens with zero attached hydrogens (tertiary/aromatic N) is 1. The fourth-order valence-electron chi connectivity index (χ4n) is 3.68. The molecule has 0 aliphatic carbocycles. The van der Waals surface area contributed by atoms with Gasteiger partial charge in [-0.3, -0.25) is 4.90 Å². The molecular formula is C20H34N2. The molecule has 2 unspecified atom stereocenters. The second kappa shape index (κ2) is 7.61. The van der Waals surface area contributed by atoms with Gasteiger partial charge in [0.2, 0.25) is 0 Å². The normalized spacial score (nSPS) is 23.9. The quantitative estimate of drug-likeness (QED) is 0.872. The van der Waals surface area contributed by atoms with Crippen LogP contribution in [0.25, 0.3) is 0 Å². The van der Waals surface area contributed by atoms with Gasteiger partial charge in [-0.05, 0) is 43.6 Å². The van der Waals surface area contributed by atoms with Crippen LogP contribution in [0.2, 0.25) is 0 Å². The predicted molar refractivity (Wildman–Crippen MR) is 96.0 cm³/mol. The van der Waals surface area contributed by atoms with Crippen molar-refractivity contribution >= 4 is 0 Å². The Morgan fingerprint density at radius 1 is 1.14 bits per heavy atom. The minimum atomic E-state index is 0.425. The third-order valence-electron chi connectivity index (χ3n) is 4.63. The zero-order valence-electron chi connectivity index (χ0n) is 15.1. The lowest BCUT2D eigenvalue weighted by Crippen LogP contribution is -2.51. The van der Waals surface area contributed by atoms with Crippen LogP contribution in [0.15, 0.2) is 30.3 Å². The Bertz CT molecular complexity index is 433. The van der Waals surface area contributed by atoms with Crippen LogP contribution < -0.4 is 5.32 Å². The summed E-state index contributed by atoms with van der Waals surface area (Å²) in [5.74, 6) is 0.810. The molecule has 0 bridgehead atoms. The SMILES string of the molecule is CC(C)N1CC(CC(C)(C)C)CC(NCc2ccccc2)C1. The molecule has 124 valence electrons. The van der Waals surface area contributed by atoms with Crippen LogP contribution in [0.4, 0.5) is 0 Å². The molecule has 0 aromatic heterocycles. The zero-order valence-corrected chi connectivity index (χ0v) is 15.1. The minimum absolute atomic E-state index is 0.425. The van der Waals surface area contributed by atoms with E-state index in [2.05, 4.69) is 75.2 Å². The summed E-state index contributed by atoms with van der Waals surface area (Å²) in [6, 6.07) is 12.0. The highest BCUT2D eigenvalue weighted by Crippen LogP contribution is 2.31. The summed E-state index contributed by atoms with van der Waals surface area (Å²) in [6.45, 7) is 15.2. The van der Waals surface area contributed by atoms with Crippen molar-refractivity contribution in [2.75, 3.05) is 13.1 Å². The molecule has 0 spiro atoms. The van der Waals surface area contributed by atoms with E-state index < -0.39 is 0 Å². The van der Waals surface area contributed by atoms with Gasteiger partial charge in [0.1, 0.15) is 0 Å². The summed E-state index contributed by atoms with van der Waals surface area (Å²) in [5, 5.41) is 3.80. The summed E-state index contributed by atoms with van der Waals surface area (Å²) in [6.07, 6.45) is 2.63. The molecule has 22 heavy (non-hydrogen) atoms. The monoisotopic (exact) mass is 302 g/mol. The summed E-state index contributed by atoms with van der Waals surface area (Å²) < 4.78 is 0. The number of likely N-dealkylation sites (tertiary alicyclic amines) is 1. The molecule has 2 rings (SSSR count). The molecule has 2 atom stereocenters. The molecule has 0 radical (unpaired) electrons. The molecular weight excluding hydrogens is 268 g/mol. The Labute approximate surface area is 137 Å². The van der Waals surface area contributed by atoms with Gasteiger partial charge in [0.15, 0.2) is 0 Å². The van der Waals surface area contributed by atoms with Crippen molar-refractivity contribution in [3.63, 3.8) is 0 Å². The van der Waals surface area contributed by atoms with Gasteiger partial charge in [0.05, 0.1) is 0 Å². The maximum absolute atomic E-state index is 3.80. The smallest absolute Gasteiger partial charge is 0.0208 e. The predicted octanol–water partition coefficient (Wildman–Crippen LogP) is 4.31. The van der Waals surface area contributed by atoms with E-state index >= 15 is 0 Å². The standard InChI is InChI=1S/C20H34N2/c1-16(2)22-14-18(12-20(3,4)5)11-19(15-22)21-13-17-9-7-6-8-10-17/h6-10,16,18-19,21H,11-15H2,1-5H3. The number of nitrogens with one attached hydrogen (secondary N) is 1. The maximum atomic E-state index is 3.80. The van der Waals surface area contributed by atoms with Crippen molar-refractivity contribution < 1.29 is 0 Å².